The van der Waals surface area contributed by atoms with Crippen molar-refractivity contribution in [1.29, 1.82) is 0 Å². The zero-order valence-electron chi connectivity index (χ0n) is 9.43. The van der Waals surface area contributed by atoms with Gasteiger partial charge in [-0.1, -0.05) is 12.1 Å². The van der Waals surface area contributed by atoms with E-state index in [9.17, 15) is 5.11 Å². The third-order valence-corrected chi connectivity index (χ3v) is 3.21. The van der Waals surface area contributed by atoms with E-state index in [1.807, 2.05) is 36.5 Å². The minimum atomic E-state index is 0.241. The van der Waals surface area contributed by atoms with Gasteiger partial charge in [0.2, 0.25) is 0 Å². The lowest BCUT2D eigenvalue weighted by molar-refractivity contribution is 0.463. The summed E-state index contributed by atoms with van der Waals surface area (Å²) < 4.78 is 0. The number of hydrogen-bond acceptors (Lipinski definition) is 3. The molecule has 1 aromatic heterocycles. The number of nitrogens with one attached hydrogen (secondary N) is 1. The maximum Gasteiger partial charge on any atom is 0.120 e. The predicted molar refractivity (Wildman–Crippen MR) is 67.0 cm³/mol. The first-order valence-electron chi connectivity index (χ1n) is 5.83. The molecule has 0 fully saturated rings. The fraction of sp³-hybridized carbons (Fsp3) is 0.214. The molecule has 3 heteroatoms. The third-order valence-electron chi connectivity index (χ3n) is 3.21. The highest BCUT2D eigenvalue weighted by Crippen LogP contribution is 2.36. The summed E-state index contributed by atoms with van der Waals surface area (Å²) in [5, 5.41) is 13.2. The van der Waals surface area contributed by atoms with Crippen LogP contribution < -0.4 is 5.32 Å². The number of rotatable bonds is 1. The molecule has 0 aliphatic carbocycles. The van der Waals surface area contributed by atoms with Crippen molar-refractivity contribution in [2.75, 3.05) is 5.32 Å². The standard InChI is InChI=1S/C14H14N2O/c17-14-6-3-5-11-10(14)7-8-13(16-11)12-4-1-2-9-15-12/h1-6,9,13,16-17H,7-8H2. The van der Waals surface area contributed by atoms with Gasteiger partial charge in [-0.2, -0.15) is 0 Å². The quantitative estimate of drug-likeness (QED) is 0.786. The molecule has 1 aliphatic heterocycles. The minimum Gasteiger partial charge on any atom is -0.508 e. The Morgan fingerprint density at radius 3 is 2.94 bits per heavy atom. The summed E-state index contributed by atoms with van der Waals surface area (Å²) in [5.41, 5.74) is 3.09. The van der Waals surface area contributed by atoms with Crippen LogP contribution in [0, 0.1) is 0 Å². The first-order valence-corrected chi connectivity index (χ1v) is 5.83. The number of pyridine rings is 1. The van der Waals surface area contributed by atoms with Crippen LogP contribution in [-0.2, 0) is 6.42 Å². The average Bonchev–Trinajstić information content (AvgIpc) is 2.40. The number of anilines is 1. The molecule has 1 atom stereocenters. The molecule has 3 rings (SSSR count). The van der Waals surface area contributed by atoms with Crippen molar-refractivity contribution in [3.8, 4) is 5.75 Å². The number of phenols is 1. The van der Waals surface area contributed by atoms with Crippen molar-refractivity contribution in [3.05, 3.63) is 53.9 Å². The van der Waals surface area contributed by atoms with Crippen molar-refractivity contribution in [3.63, 3.8) is 0 Å². The first-order chi connectivity index (χ1) is 8.34. The first kappa shape index (κ1) is 10.1. The highest BCUT2D eigenvalue weighted by atomic mass is 16.3. The maximum atomic E-state index is 9.76. The molecule has 1 aliphatic rings. The summed E-state index contributed by atoms with van der Waals surface area (Å²) in [6.45, 7) is 0. The second-order valence-corrected chi connectivity index (χ2v) is 4.29. The van der Waals surface area contributed by atoms with E-state index in [1.165, 1.54) is 0 Å². The van der Waals surface area contributed by atoms with Crippen LogP contribution in [0.4, 0.5) is 5.69 Å². The van der Waals surface area contributed by atoms with Crippen molar-refractivity contribution >= 4 is 5.69 Å². The van der Waals surface area contributed by atoms with Crippen molar-refractivity contribution < 1.29 is 5.11 Å². The molecule has 2 aromatic rings. The van der Waals surface area contributed by atoms with Crippen molar-refractivity contribution in [2.24, 2.45) is 0 Å². The van der Waals surface area contributed by atoms with Gasteiger partial charge in [-0.3, -0.25) is 4.98 Å². The van der Waals surface area contributed by atoms with E-state index in [0.29, 0.717) is 5.75 Å². The summed E-state index contributed by atoms with van der Waals surface area (Å²) in [6.07, 6.45) is 3.66. The molecule has 0 bridgehead atoms. The number of benzene rings is 1. The molecular weight excluding hydrogens is 212 g/mol. The maximum absolute atomic E-state index is 9.76. The van der Waals surface area contributed by atoms with Crippen LogP contribution in [0.3, 0.4) is 0 Å². The molecule has 1 unspecified atom stereocenters. The van der Waals surface area contributed by atoms with Gasteiger partial charge >= 0.3 is 0 Å². The SMILES string of the molecule is Oc1cccc2c1CCC(c1ccccn1)N2. The highest BCUT2D eigenvalue weighted by molar-refractivity contribution is 5.59. The Hall–Kier alpha value is -2.03. The van der Waals surface area contributed by atoms with Crippen LogP contribution in [0.15, 0.2) is 42.6 Å². The Kier molecular flexibility index (Phi) is 2.44. The lowest BCUT2D eigenvalue weighted by Crippen LogP contribution is -2.18. The fourth-order valence-electron chi connectivity index (χ4n) is 2.33. The molecule has 0 saturated heterocycles. The number of aromatic nitrogens is 1. The van der Waals surface area contributed by atoms with Crippen LogP contribution in [0.2, 0.25) is 0 Å². The van der Waals surface area contributed by atoms with Crippen LogP contribution in [-0.4, -0.2) is 10.1 Å². The van der Waals surface area contributed by atoms with Crippen LogP contribution in [0.1, 0.15) is 23.7 Å². The smallest absolute Gasteiger partial charge is 0.120 e. The van der Waals surface area contributed by atoms with Crippen LogP contribution in [0.25, 0.3) is 0 Å². The Labute approximate surface area is 100 Å². The topological polar surface area (TPSA) is 45.2 Å². The molecule has 1 aromatic carbocycles. The zero-order valence-corrected chi connectivity index (χ0v) is 9.43. The highest BCUT2D eigenvalue weighted by Gasteiger charge is 2.21. The average molecular weight is 226 g/mol. The van der Waals surface area contributed by atoms with Crippen molar-refractivity contribution in [1.82, 2.24) is 4.98 Å². The monoisotopic (exact) mass is 226 g/mol. The third kappa shape index (κ3) is 1.84. The molecule has 17 heavy (non-hydrogen) atoms. The van der Waals surface area contributed by atoms with Gasteiger partial charge in [0.15, 0.2) is 0 Å². The van der Waals surface area contributed by atoms with Gasteiger partial charge in [0.1, 0.15) is 5.75 Å². The normalized spacial score (nSPS) is 18.2. The summed E-state index contributed by atoms with van der Waals surface area (Å²) in [4.78, 5) is 4.37. The van der Waals surface area contributed by atoms with Gasteiger partial charge in [-0.25, -0.2) is 0 Å². The number of phenolic OH excluding ortho intramolecular Hbond substituents is 1. The van der Waals surface area contributed by atoms with Crippen LogP contribution in [0.5, 0.6) is 5.75 Å². The Balaban J connectivity index is 1.91. The molecule has 0 radical (unpaired) electrons. The molecular formula is C14H14N2O. The van der Waals surface area contributed by atoms with E-state index in [4.69, 9.17) is 0 Å². The Morgan fingerprint density at radius 1 is 1.18 bits per heavy atom. The number of fused-ring (bicyclic) bond motifs is 1. The van der Waals surface area contributed by atoms with Crippen molar-refractivity contribution in [2.45, 2.75) is 18.9 Å². The van der Waals surface area contributed by atoms with Gasteiger partial charge in [-0.05, 0) is 37.1 Å². The van der Waals surface area contributed by atoms with Crippen LogP contribution >= 0.6 is 0 Å². The van der Waals surface area contributed by atoms with Gasteiger partial charge in [-0.15, -0.1) is 0 Å². The number of aromatic hydroxyl groups is 1. The summed E-state index contributed by atoms with van der Waals surface area (Å²) in [6, 6.07) is 11.8. The second-order valence-electron chi connectivity index (χ2n) is 4.29. The van der Waals surface area contributed by atoms with E-state index >= 15 is 0 Å². The largest absolute Gasteiger partial charge is 0.508 e. The fourth-order valence-corrected chi connectivity index (χ4v) is 2.33. The number of hydrogen-bond donors (Lipinski definition) is 2. The molecule has 2 heterocycles. The molecule has 0 saturated carbocycles. The zero-order chi connectivity index (χ0) is 11.7. The molecule has 0 amide bonds. The van der Waals surface area contributed by atoms with E-state index < -0.39 is 0 Å². The van der Waals surface area contributed by atoms with Gasteiger partial charge in [0, 0.05) is 17.4 Å². The molecule has 2 N–H and O–H groups in total. The lowest BCUT2D eigenvalue weighted by Gasteiger charge is -2.27. The number of nitrogens with zero attached hydrogens (tertiary/aromatic N) is 1. The van der Waals surface area contributed by atoms with Gasteiger partial charge in [0.05, 0.1) is 11.7 Å². The van der Waals surface area contributed by atoms with E-state index in [-0.39, 0.29) is 6.04 Å². The van der Waals surface area contributed by atoms with E-state index in [2.05, 4.69) is 10.3 Å². The van der Waals surface area contributed by atoms with Gasteiger partial charge < -0.3 is 10.4 Å². The summed E-state index contributed by atoms with van der Waals surface area (Å²) in [7, 11) is 0. The van der Waals surface area contributed by atoms with Gasteiger partial charge in [0.25, 0.3) is 0 Å². The lowest BCUT2D eigenvalue weighted by atomic mass is 9.95. The summed E-state index contributed by atoms with van der Waals surface area (Å²) in [5.74, 6) is 0.384. The van der Waals surface area contributed by atoms with E-state index in [1.54, 1.807) is 6.07 Å². The molecule has 3 nitrogen and oxygen atoms in total. The minimum absolute atomic E-state index is 0.241. The molecule has 86 valence electrons. The Bertz CT molecular complexity index is 525. The van der Waals surface area contributed by atoms with E-state index in [0.717, 1.165) is 29.8 Å². The summed E-state index contributed by atoms with van der Waals surface area (Å²) >= 11 is 0. The predicted octanol–water partition coefficient (Wildman–Crippen LogP) is 2.89. The molecule has 0 spiro atoms. The second kappa shape index (κ2) is 4.09. The Morgan fingerprint density at radius 2 is 2.12 bits per heavy atom.